The first-order valence-electron chi connectivity index (χ1n) is 7.53. The molecule has 21 heavy (non-hydrogen) atoms. The lowest BCUT2D eigenvalue weighted by atomic mass is 9.81. The zero-order chi connectivity index (χ0) is 15.0. The SMILES string of the molecule is COc1ccccc1-c1c(C2(C)CCCC2)nn(C)c1N. The third-order valence-electron chi connectivity index (χ3n) is 4.75. The van der Waals surface area contributed by atoms with E-state index in [-0.39, 0.29) is 5.41 Å². The number of aromatic nitrogens is 2. The third-order valence-corrected chi connectivity index (χ3v) is 4.75. The Balaban J connectivity index is 2.22. The summed E-state index contributed by atoms with van der Waals surface area (Å²) >= 11 is 0. The highest BCUT2D eigenvalue weighted by Gasteiger charge is 2.37. The lowest BCUT2D eigenvalue weighted by Crippen LogP contribution is -2.19. The van der Waals surface area contributed by atoms with Crippen molar-refractivity contribution in [3.05, 3.63) is 30.0 Å². The molecule has 1 fully saturated rings. The molecule has 2 aromatic rings. The van der Waals surface area contributed by atoms with Gasteiger partial charge in [-0.1, -0.05) is 38.0 Å². The van der Waals surface area contributed by atoms with E-state index in [1.165, 1.54) is 25.7 Å². The lowest BCUT2D eigenvalue weighted by Gasteiger charge is -2.23. The van der Waals surface area contributed by atoms with Gasteiger partial charge in [-0.2, -0.15) is 5.10 Å². The van der Waals surface area contributed by atoms with Crippen molar-refractivity contribution in [1.29, 1.82) is 0 Å². The highest BCUT2D eigenvalue weighted by atomic mass is 16.5. The summed E-state index contributed by atoms with van der Waals surface area (Å²) in [5.74, 6) is 1.56. The maximum absolute atomic E-state index is 6.33. The molecule has 1 aromatic heterocycles. The maximum Gasteiger partial charge on any atom is 0.129 e. The normalized spacial score (nSPS) is 17.1. The molecule has 0 aliphatic heterocycles. The van der Waals surface area contributed by atoms with E-state index in [1.807, 2.05) is 25.2 Å². The second kappa shape index (κ2) is 5.10. The van der Waals surface area contributed by atoms with Crippen LogP contribution < -0.4 is 10.5 Å². The molecule has 0 radical (unpaired) electrons. The monoisotopic (exact) mass is 285 g/mol. The van der Waals surface area contributed by atoms with Gasteiger partial charge in [-0.15, -0.1) is 0 Å². The highest BCUT2D eigenvalue weighted by molar-refractivity contribution is 5.81. The number of anilines is 1. The van der Waals surface area contributed by atoms with Crippen LogP contribution in [0.1, 0.15) is 38.3 Å². The van der Waals surface area contributed by atoms with Gasteiger partial charge in [0.1, 0.15) is 11.6 Å². The minimum absolute atomic E-state index is 0.117. The van der Waals surface area contributed by atoms with Crippen molar-refractivity contribution in [3.8, 4) is 16.9 Å². The Hall–Kier alpha value is -1.97. The van der Waals surface area contributed by atoms with Crippen LogP contribution in [0.2, 0.25) is 0 Å². The van der Waals surface area contributed by atoms with Crippen LogP contribution in [0.5, 0.6) is 5.75 Å². The van der Waals surface area contributed by atoms with Crippen LogP contribution in [-0.4, -0.2) is 16.9 Å². The van der Waals surface area contributed by atoms with Crippen LogP contribution in [0, 0.1) is 0 Å². The number of benzene rings is 1. The number of hydrogen-bond acceptors (Lipinski definition) is 3. The molecule has 4 heteroatoms. The Labute approximate surface area is 125 Å². The minimum atomic E-state index is 0.117. The van der Waals surface area contributed by atoms with Gasteiger partial charge in [-0.25, -0.2) is 0 Å². The van der Waals surface area contributed by atoms with Crippen molar-refractivity contribution < 1.29 is 4.74 Å². The van der Waals surface area contributed by atoms with Crippen LogP contribution in [0.3, 0.4) is 0 Å². The molecule has 2 N–H and O–H groups in total. The molecule has 4 nitrogen and oxygen atoms in total. The van der Waals surface area contributed by atoms with Gasteiger partial charge in [0.15, 0.2) is 0 Å². The Bertz CT molecular complexity index is 654. The van der Waals surface area contributed by atoms with E-state index < -0.39 is 0 Å². The molecule has 1 heterocycles. The summed E-state index contributed by atoms with van der Waals surface area (Å²) in [7, 11) is 3.61. The molecule has 1 aromatic carbocycles. The van der Waals surface area contributed by atoms with Crippen molar-refractivity contribution in [2.75, 3.05) is 12.8 Å². The smallest absolute Gasteiger partial charge is 0.129 e. The summed E-state index contributed by atoms with van der Waals surface area (Å²) in [5, 5.41) is 4.75. The summed E-state index contributed by atoms with van der Waals surface area (Å²) in [6, 6.07) is 8.04. The zero-order valence-corrected chi connectivity index (χ0v) is 13.0. The van der Waals surface area contributed by atoms with Gasteiger partial charge in [0.05, 0.1) is 18.4 Å². The Morgan fingerprint density at radius 3 is 2.57 bits per heavy atom. The van der Waals surface area contributed by atoms with Gasteiger partial charge in [0, 0.05) is 18.0 Å². The van der Waals surface area contributed by atoms with Crippen LogP contribution in [-0.2, 0) is 12.5 Å². The van der Waals surface area contributed by atoms with Gasteiger partial charge < -0.3 is 10.5 Å². The predicted molar refractivity (Wildman–Crippen MR) is 85.4 cm³/mol. The quantitative estimate of drug-likeness (QED) is 0.939. The molecule has 0 saturated heterocycles. The average molecular weight is 285 g/mol. The largest absolute Gasteiger partial charge is 0.496 e. The number of ether oxygens (including phenoxy) is 1. The molecule has 0 bridgehead atoms. The second-order valence-electron chi connectivity index (χ2n) is 6.20. The van der Waals surface area contributed by atoms with E-state index in [9.17, 15) is 0 Å². The maximum atomic E-state index is 6.33. The van der Waals surface area contributed by atoms with E-state index in [0.29, 0.717) is 5.82 Å². The molecular formula is C17H23N3O. The highest BCUT2D eigenvalue weighted by Crippen LogP contribution is 2.47. The fourth-order valence-electron chi connectivity index (χ4n) is 3.47. The van der Waals surface area contributed by atoms with Crippen LogP contribution in [0.15, 0.2) is 24.3 Å². The van der Waals surface area contributed by atoms with E-state index in [2.05, 4.69) is 13.0 Å². The van der Waals surface area contributed by atoms with Gasteiger partial charge in [0.25, 0.3) is 0 Å². The first-order chi connectivity index (χ1) is 10.1. The van der Waals surface area contributed by atoms with E-state index in [0.717, 1.165) is 22.6 Å². The van der Waals surface area contributed by atoms with Crippen LogP contribution in [0.25, 0.3) is 11.1 Å². The van der Waals surface area contributed by atoms with Gasteiger partial charge in [0.2, 0.25) is 0 Å². The van der Waals surface area contributed by atoms with Gasteiger partial charge in [-0.3, -0.25) is 4.68 Å². The summed E-state index contributed by atoms with van der Waals surface area (Å²) in [5.41, 5.74) is 9.64. The third kappa shape index (κ3) is 2.19. The Kier molecular flexibility index (Phi) is 3.40. The van der Waals surface area contributed by atoms with Crippen LogP contribution >= 0.6 is 0 Å². The second-order valence-corrected chi connectivity index (χ2v) is 6.20. The topological polar surface area (TPSA) is 53.1 Å². The van der Waals surface area contributed by atoms with Gasteiger partial charge >= 0.3 is 0 Å². The number of rotatable bonds is 3. The van der Waals surface area contributed by atoms with Crippen molar-refractivity contribution in [2.45, 2.75) is 38.0 Å². The molecule has 0 unspecified atom stereocenters. The summed E-state index contributed by atoms with van der Waals surface area (Å²) in [4.78, 5) is 0. The number of aryl methyl sites for hydroxylation is 1. The van der Waals surface area contributed by atoms with E-state index >= 15 is 0 Å². The fourth-order valence-corrected chi connectivity index (χ4v) is 3.47. The number of para-hydroxylation sites is 1. The Morgan fingerprint density at radius 1 is 1.24 bits per heavy atom. The van der Waals surface area contributed by atoms with Crippen molar-refractivity contribution in [3.63, 3.8) is 0 Å². The molecule has 0 amide bonds. The molecule has 1 aliphatic rings. The standard InChI is InChI=1S/C17H23N3O/c1-17(10-6-7-11-17)15-14(16(18)20(2)19-15)12-8-4-5-9-13(12)21-3/h4-5,8-9H,6-7,10-11,18H2,1-3H3. The first-order valence-corrected chi connectivity index (χ1v) is 7.53. The van der Waals surface area contributed by atoms with Crippen molar-refractivity contribution in [2.24, 2.45) is 7.05 Å². The minimum Gasteiger partial charge on any atom is -0.496 e. The average Bonchev–Trinajstić information content (AvgIpc) is 3.05. The van der Waals surface area contributed by atoms with Gasteiger partial charge in [-0.05, 0) is 18.9 Å². The number of hydrogen-bond donors (Lipinski definition) is 1. The van der Waals surface area contributed by atoms with E-state index in [1.54, 1.807) is 11.8 Å². The van der Waals surface area contributed by atoms with Crippen molar-refractivity contribution in [1.82, 2.24) is 9.78 Å². The molecular weight excluding hydrogens is 262 g/mol. The fraction of sp³-hybridized carbons (Fsp3) is 0.471. The van der Waals surface area contributed by atoms with Crippen molar-refractivity contribution >= 4 is 5.82 Å². The number of nitrogen functional groups attached to an aromatic ring is 1. The molecule has 112 valence electrons. The summed E-state index contributed by atoms with van der Waals surface area (Å²) in [6.07, 6.45) is 4.87. The molecule has 0 spiro atoms. The molecule has 0 atom stereocenters. The molecule has 3 rings (SSSR count). The first kappa shape index (κ1) is 14.0. The Morgan fingerprint density at radius 2 is 1.90 bits per heavy atom. The zero-order valence-electron chi connectivity index (χ0n) is 13.0. The summed E-state index contributed by atoms with van der Waals surface area (Å²) < 4.78 is 7.31. The predicted octanol–water partition coefficient (Wildman–Crippen LogP) is 3.51. The summed E-state index contributed by atoms with van der Waals surface area (Å²) in [6.45, 7) is 2.31. The number of nitrogens with two attached hydrogens (primary N) is 1. The molecule has 1 aliphatic carbocycles. The molecule has 1 saturated carbocycles. The lowest BCUT2D eigenvalue weighted by molar-refractivity contribution is 0.416. The van der Waals surface area contributed by atoms with E-state index in [4.69, 9.17) is 15.6 Å². The number of nitrogens with zero attached hydrogens (tertiary/aromatic N) is 2. The number of methoxy groups -OCH3 is 1. The van der Waals surface area contributed by atoms with Crippen LogP contribution in [0.4, 0.5) is 5.82 Å².